The van der Waals surface area contributed by atoms with E-state index >= 15 is 0 Å². The van der Waals surface area contributed by atoms with Crippen LogP contribution < -0.4 is 0 Å². The summed E-state index contributed by atoms with van der Waals surface area (Å²) in [6, 6.07) is 2.30. The predicted octanol–water partition coefficient (Wildman–Crippen LogP) is 8.01. The zero-order valence-corrected chi connectivity index (χ0v) is 17.2. The fourth-order valence-electron chi connectivity index (χ4n) is 5.34. The Morgan fingerprint density at radius 2 is 1.43 bits per heavy atom. The van der Waals surface area contributed by atoms with Crippen molar-refractivity contribution < 1.29 is 13.2 Å². The molecule has 1 aromatic rings. The van der Waals surface area contributed by atoms with Gasteiger partial charge in [0.2, 0.25) is 0 Å². The van der Waals surface area contributed by atoms with E-state index in [2.05, 4.69) is 19.1 Å². The number of hydrogen-bond acceptors (Lipinski definition) is 0. The van der Waals surface area contributed by atoms with Crippen LogP contribution in [0.4, 0.5) is 13.2 Å². The Hall–Kier alpha value is -1.25. The van der Waals surface area contributed by atoms with Gasteiger partial charge < -0.3 is 0 Å². The van der Waals surface area contributed by atoms with Crippen LogP contribution in [0.3, 0.4) is 0 Å². The van der Waals surface area contributed by atoms with E-state index in [0.29, 0.717) is 17.9 Å². The van der Waals surface area contributed by atoms with Crippen molar-refractivity contribution in [2.75, 3.05) is 0 Å². The van der Waals surface area contributed by atoms with Gasteiger partial charge in [0.1, 0.15) is 0 Å². The Labute approximate surface area is 168 Å². The fraction of sp³-hybridized carbons (Fsp3) is 0.680. The molecule has 28 heavy (non-hydrogen) atoms. The van der Waals surface area contributed by atoms with Crippen molar-refractivity contribution in [1.29, 1.82) is 0 Å². The van der Waals surface area contributed by atoms with Crippen LogP contribution >= 0.6 is 0 Å². The third-order valence-electron chi connectivity index (χ3n) is 7.12. The van der Waals surface area contributed by atoms with Crippen LogP contribution in [0.1, 0.15) is 83.1 Å². The van der Waals surface area contributed by atoms with Gasteiger partial charge in [0.25, 0.3) is 0 Å². The maximum absolute atomic E-state index is 13.4. The second-order valence-corrected chi connectivity index (χ2v) is 9.08. The summed E-state index contributed by atoms with van der Waals surface area (Å²) in [6.07, 6.45) is 19.4. The van der Waals surface area contributed by atoms with Crippen LogP contribution in [-0.4, -0.2) is 0 Å². The average molecular weight is 393 g/mol. The summed E-state index contributed by atoms with van der Waals surface area (Å²) in [5.41, 5.74) is 0.577. The molecule has 0 saturated heterocycles. The Balaban J connectivity index is 1.38. The maximum Gasteiger partial charge on any atom is 0.194 e. The van der Waals surface area contributed by atoms with E-state index in [1.165, 1.54) is 64.2 Å². The second kappa shape index (κ2) is 10.5. The lowest BCUT2D eigenvalue weighted by Gasteiger charge is -2.37. The smallest absolute Gasteiger partial charge is 0.194 e. The molecule has 1 aromatic carbocycles. The Bertz CT molecular complexity index is 612. The third-order valence-corrected chi connectivity index (χ3v) is 7.12. The Kier molecular flexibility index (Phi) is 8.05. The molecule has 2 saturated carbocycles. The van der Waals surface area contributed by atoms with E-state index in [-0.39, 0.29) is 0 Å². The molecule has 0 spiro atoms. The summed E-state index contributed by atoms with van der Waals surface area (Å²) in [5.74, 6) is -0.288. The van der Waals surface area contributed by atoms with E-state index in [9.17, 15) is 13.2 Å². The molecule has 156 valence electrons. The Morgan fingerprint density at radius 3 is 2.00 bits per heavy atom. The van der Waals surface area contributed by atoms with Gasteiger partial charge in [-0.3, -0.25) is 0 Å². The molecule has 0 aromatic heterocycles. The molecular weight excluding hydrogens is 357 g/mol. The Morgan fingerprint density at radius 1 is 0.857 bits per heavy atom. The molecule has 3 heteroatoms. The first-order valence-corrected chi connectivity index (χ1v) is 11.4. The first kappa shape index (κ1) is 21.5. The molecule has 0 unspecified atom stereocenters. The van der Waals surface area contributed by atoms with Crippen LogP contribution in [0.25, 0.3) is 0 Å². The predicted molar refractivity (Wildman–Crippen MR) is 110 cm³/mol. The van der Waals surface area contributed by atoms with Crippen LogP contribution in [0.15, 0.2) is 24.3 Å². The summed E-state index contributed by atoms with van der Waals surface area (Å²) in [6.45, 7) is 2.23. The number of halogens is 3. The highest BCUT2D eigenvalue weighted by atomic mass is 19.2. The molecule has 0 aliphatic heterocycles. The van der Waals surface area contributed by atoms with Crippen LogP contribution in [-0.2, 0) is 6.42 Å². The van der Waals surface area contributed by atoms with Gasteiger partial charge in [-0.1, -0.05) is 38.3 Å². The van der Waals surface area contributed by atoms with Crippen molar-refractivity contribution in [2.45, 2.75) is 84.0 Å². The number of rotatable bonds is 7. The van der Waals surface area contributed by atoms with Crippen molar-refractivity contribution in [2.24, 2.45) is 23.7 Å². The summed E-state index contributed by atoms with van der Waals surface area (Å²) in [4.78, 5) is 0. The monoisotopic (exact) mass is 392 g/mol. The lowest BCUT2D eigenvalue weighted by Crippen LogP contribution is -2.25. The third kappa shape index (κ3) is 5.87. The van der Waals surface area contributed by atoms with Gasteiger partial charge in [-0.15, -0.1) is 0 Å². The van der Waals surface area contributed by atoms with E-state index in [1.807, 2.05) is 0 Å². The van der Waals surface area contributed by atoms with E-state index < -0.39 is 17.5 Å². The topological polar surface area (TPSA) is 0 Å². The molecule has 0 radical (unpaired) electrons. The maximum atomic E-state index is 13.4. The zero-order valence-electron chi connectivity index (χ0n) is 17.2. The number of unbranched alkanes of at least 4 members (excludes halogenated alkanes) is 1. The van der Waals surface area contributed by atoms with Gasteiger partial charge >= 0.3 is 0 Å². The summed E-state index contributed by atoms with van der Waals surface area (Å²) >= 11 is 0. The van der Waals surface area contributed by atoms with Gasteiger partial charge in [0.05, 0.1) is 0 Å². The summed E-state index contributed by atoms with van der Waals surface area (Å²) < 4.78 is 39.8. The molecule has 2 aliphatic rings. The number of benzene rings is 1. The average Bonchev–Trinajstić information content (AvgIpc) is 2.71. The van der Waals surface area contributed by atoms with Crippen molar-refractivity contribution in [3.05, 3.63) is 47.3 Å². The van der Waals surface area contributed by atoms with Crippen LogP contribution in [0, 0.1) is 41.1 Å². The lowest BCUT2D eigenvalue weighted by atomic mass is 9.68. The molecule has 0 amide bonds. The van der Waals surface area contributed by atoms with Gasteiger partial charge in [0.15, 0.2) is 17.5 Å². The van der Waals surface area contributed by atoms with Crippen molar-refractivity contribution in [3.8, 4) is 0 Å². The molecule has 0 heterocycles. The number of aryl methyl sites for hydroxylation is 1. The molecule has 2 fully saturated rings. The van der Waals surface area contributed by atoms with Crippen LogP contribution in [0.2, 0.25) is 0 Å². The molecule has 0 atom stereocenters. The van der Waals surface area contributed by atoms with Gasteiger partial charge in [-0.25, -0.2) is 13.2 Å². The largest absolute Gasteiger partial charge is 0.204 e. The lowest BCUT2D eigenvalue weighted by molar-refractivity contribution is 0.152. The van der Waals surface area contributed by atoms with Crippen molar-refractivity contribution in [1.82, 2.24) is 0 Å². The minimum absolute atomic E-state index is 0.577. The molecule has 3 rings (SSSR count). The SMILES string of the molecule is CCCC=CC1CCC(C2CCC(CCc3cc(F)c(F)c(F)c3)CC2)CC1. The van der Waals surface area contributed by atoms with E-state index in [4.69, 9.17) is 0 Å². The highest BCUT2D eigenvalue weighted by molar-refractivity contribution is 5.19. The van der Waals surface area contributed by atoms with E-state index in [0.717, 1.165) is 36.3 Å². The second-order valence-electron chi connectivity index (χ2n) is 9.08. The normalized spacial score (nSPS) is 28.7. The highest BCUT2D eigenvalue weighted by Gasteiger charge is 2.30. The van der Waals surface area contributed by atoms with Gasteiger partial charge in [0, 0.05) is 0 Å². The van der Waals surface area contributed by atoms with Crippen molar-refractivity contribution in [3.63, 3.8) is 0 Å². The molecular formula is C25H35F3. The van der Waals surface area contributed by atoms with Crippen molar-refractivity contribution >= 4 is 0 Å². The molecule has 2 aliphatic carbocycles. The molecule has 0 bridgehead atoms. The van der Waals surface area contributed by atoms with Crippen LogP contribution in [0.5, 0.6) is 0 Å². The quantitative estimate of drug-likeness (QED) is 0.326. The highest BCUT2D eigenvalue weighted by Crippen LogP contribution is 2.42. The first-order valence-electron chi connectivity index (χ1n) is 11.4. The molecule has 0 N–H and O–H groups in total. The standard InChI is InChI=1S/C25H35F3/c1-2-3-4-5-18-8-12-21(13-9-18)22-14-10-19(11-15-22)6-7-20-16-23(26)25(28)24(27)17-20/h4-5,16-19,21-22H,2-3,6-15H2,1H3. The van der Waals surface area contributed by atoms with Gasteiger partial charge in [-0.05, 0) is 99.2 Å². The first-order chi connectivity index (χ1) is 13.6. The van der Waals surface area contributed by atoms with Gasteiger partial charge in [-0.2, -0.15) is 0 Å². The molecule has 0 nitrogen and oxygen atoms in total. The number of hydrogen-bond donors (Lipinski definition) is 0. The fourth-order valence-corrected chi connectivity index (χ4v) is 5.34. The number of allylic oxidation sites excluding steroid dienone is 2. The summed E-state index contributed by atoms with van der Waals surface area (Å²) in [5, 5.41) is 0. The minimum atomic E-state index is -1.36. The minimum Gasteiger partial charge on any atom is -0.204 e. The zero-order chi connectivity index (χ0) is 19.9. The summed E-state index contributed by atoms with van der Waals surface area (Å²) in [7, 11) is 0. The van der Waals surface area contributed by atoms with E-state index in [1.54, 1.807) is 0 Å².